The Hall–Kier alpha value is -1.87. The Morgan fingerprint density at radius 2 is 1.44 bits per heavy atom. The van der Waals surface area contributed by atoms with Crippen molar-refractivity contribution in [3.63, 3.8) is 0 Å². The maximum absolute atomic E-state index is 10.6. The molecule has 0 aliphatic rings. The second-order valence-electron chi connectivity index (χ2n) is 3.12. The van der Waals surface area contributed by atoms with Gasteiger partial charge >= 0.3 is 5.97 Å². The number of aromatic carboxylic acids is 1. The molecule has 0 unspecified atom stereocenters. The van der Waals surface area contributed by atoms with Gasteiger partial charge in [0, 0.05) is 12.4 Å². The SMILES string of the molecule is Cl.O=C(O)c1ccc(-c2ccncc2)cc1. The Kier molecular flexibility index (Phi) is 4.03. The zero-order valence-corrected chi connectivity index (χ0v) is 9.15. The number of hydrogen-bond donors (Lipinski definition) is 1. The first-order valence-electron chi connectivity index (χ1n) is 4.51. The minimum absolute atomic E-state index is 0. The van der Waals surface area contributed by atoms with E-state index in [0.29, 0.717) is 5.56 Å². The number of pyridine rings is 1. The zero-order valence-electron chi connectivity index (χ0n) is 8.33. The average molecular weight is 236 g/mol. The van der Waals surface area contributed by atoms with Crippen LogP contribution >= 0.6 is 12.4 Å². The van der Waals surface area contributed by atoms with Gasteiger partial charge in [-0.05, 0) is 35.4 Å². The van der Waals surface area contributed by atoms with Crippen molar-refractivity contribution in [1.29, 1.82) is 0 Å². The molecule has 2 rings (SSSR count). The van der Waals surface area contributed by atoms with Gasteiger partial charge in [-0.15, -0.1) is 12.4 Å². The molecule has 0 aliphatic heterocycles. The highest BCUT2D eigenvalue weighted by Gasteiger charge is 2.02. The van der Waals surface area contributed by atoms with Crippen molar-refractivity contribution in [3.8, 4) is 11.1 Å². The topological polar surface area (TPSA) is 50.2 Å². The number of carbonyl (C=O) groups is 1. The third-order valence-electron chi connectivity index (χ3n) is 2.15. The fourth-order valence-electron chi connectivity index (χ4n) is 1.35. The van der Waals surface area contributed by atoms with Gasteiger partial charge in [-0.3, -0.25) is 4.98 Å². The Bertz CT molecular complexity index is 468. The number of carboxylic acids is 1. The summed E-state index contributed by atoms with van der Waals surface area (Å²) < 4.78 is 0. The molecule has 4 heteroatoms. The van der Waals surface area contributed by atoms with Crippen LogP contribution in [0.1, 0.15) is 10.4 Å². The third kappa shape index (κ3) is 2.58. The highest BCUT2D eigenvalue weighted by molar-refractivity contribution is 5.88. The van der Waals surface area contributed by atoms with E-state index in [2.05, 4.69) is 4.98 Å². The molecule has 0 fully saturated rings. The first-order valence-corrected chi connectivity index (χ1v) is 4.51. The van der Waals surface area contributed by atoms with Gasteiger partial charge in [0.2, 0.25) is 0 Å². The van der Waals surface area contributed by atoms with Crippen molar-refractivity contribution >= 4 is 18.4 Å². The Morgan fingerprint density at radius 1 is 0.938 bits per heavy atom. The lowest BCUT2D eigenvalue weighted by Crippen LogP contribution is -1.94. The molecule has 1 aromatic carbocycles. The van der Waals surface area contributed by atoms with E-state index in [1.807, 2.05) is 12.1 Å². The van der Waals surface area contributed by atoms with Crippen LogP contribution in [-0.4, -0.2) is 16.1 Å². The van der Waals surface area contributed by atoms with Crippen LogP contribution in [-0.2, 0) is 0 Å². The highest BCUT2D eigenvalue weighted by atomic mass is 35.5. The van der Waals surface area contributed by atoms with Crippen LogP contribution in [0.15, 0.2) is 48.8 Å². The van der Waals surface area contributed by atoms with Gasteiger partial charge in [0.1, 0.15) is 0 Å². The first-order chi connectivity index (χ1) is 7.27. The molecule has 3 nitrogen and oxygen atoms in total. The van der Waals surface area contributed by atoms with Gasteiger partial charge in [-0.2, -0.15) is 0 Å². The van der Waals surface area contributed by atoms with E-state index >= 15 is 0 Å². The molecular weight excluding hydrogens is 226 g/mol. The Morgan fingerprint density at radius 3 is 1.94 bits per heavy atom. The van der Waals surface area contributed by atoms with Crippen molar-refractivity contribution in [2.75, 3.05) is 0 Å². The smallest absolute Gasteiger partial charge is 0.335 e. The van der Waals surface area contributed by atoms with Crippen LogP contribution in [0.25, 0.3) is 11.1 Å². The second-order valence-corrected chi connectivity index (χ2v) is 3.12. The summed E-state index contributed by atoms with van der Waals surface area (Å²) in [5.74, 6) is -0.906. The van der Waals surface area contributed by atoms with Gasteiger partial charge < -0.3 is 5.11 Å². The molecule has 1 heterocycles. The van der Waals surface area contributed by atoms with Crippen LogP contribution in [0, 0.1) is 0 Å². The van der Waals surface area contributed by atoms with E-state index in [1.54, 1.807) is 36.7 Å². The molecule has 0 amide bonds. The molecule has 1 N–H and O–H groups in total. The van der Waals surface area contributed by atoms with E-state index in [4.69, 9.17) is 5.11 Å². The number of hydrogen-bond acceptors (Lipinski definition) is 2. The van der Waals surface area contributed by atoms with Crippen LogP contribution in [0.3, 0.4) is 0 Å². The van der Waals surface area contributed by atoms with Crippen LogP contribution in [0.2, 0.25) is 0 Å². The van der Waals surface area contributed by atoms with Gasteiger partial charge in [-0.1, -0.05) is 12.1 Å². The number of benzene rings is 1. The lowest BCUT2D eigenvalue weighted by atomic mass is 10.1. The molecule has 82 valence electrons. The summed E-state index contributed by atoms with van der Waals surface area (Å²) in [6.07, 6.45) is 3.42. The zero-order chi connectivity index (χ0) is 10.7. The maximum Gasteiger partial charge on any atom is 0.335 e. The molecular formula is C12H10ClNO2. The molecule has 16 heavy (non-hydrogen) atoms. The fourth-order valence-corrected chi connectivity index (χ4v) is 1.35. The minimum atomic E-state index is -0.906. The summed E-state index contributed by atoms with van der Waals surface area (Å²) in [5, 5.41) is 8.74. The average Bonchev–Trinajstić information content (AvgIpc) is 2.30. The van der Waals surface area contributed by atoms with Crippen molar-refractivity contribution in [1.82, 2.24) is 4.98 Å². The second kappa shape index (κ2) is 5.28. The van der Waals surface area contributed by atoms with Crippen molar-refractivity contribution in [3.05, 3.63) is 54.4 Å². The molecule has 1 aromatic heterocycles. The van der Waals surface area contributed by atoms with Gasteiger partial charge in [0.25, 0.3) is 0 Å². The molecule has 0 saturated heterocycles. The normalized spacial score (nSPS) is 9.25. The third-order valence-corrected chi connectivity index (χ3v) is 2.15. The minimum Gasteiger partial charge on any atom is -0.478 e. The number of halogens is 1. The standard InChI is InChI=1S/C12H9NO2.ClH/c14-12(15)11-3-1-9(2-4-11)10-5-7-13-8-6-10;/h1-8H,(H,14,15);1H. The van der Waals surface area contributed by atoms with E-state index < -0.39 is 5.97 Å². The molecule has 0 bridgehead atoms. The number of rotatable bonds is 2. The number of carboxylic acid groups (broad SMARTS) is 1. The summed E-state index contributed by atoms with van der Waals surface area (Å²) in [6.45, 7) is 0. The van der Waals surface area contributed by atoms with Crippen molar-refractivity contribution in [2.45, 2.75) is 0 Å². The molecule has 2 aromatic rings. The summed E-state index contributed by atoms with van der Waals surface area (Å²) >= 11 is 0. The van der Waals surface area contributed by atoms with E-state index in [0.717, 1.165) is 11.1 Å². The van der Waals surface area contributed by atoms with Crippen molar-refractivity contribution in [2.24, 2.45) is 0 Å². The maximum atomic E-state index is 10.6. The monoisotopic (exact) mass is 235 g/mol. The predicted molar refractivity (Wildman–Crippen MR) is 63.9 cm³/mol. The Balaban J connectivity index is 0.00000128. The molecule has 0 spiro atoms. The fraction of sp³-hybridized carbons (Fsp3) is 0. The molecule has 0 radical (unpaired) electrons. The van der Waals surface area contributed by atoms with E-state index in [9.17, 15) is 4.79 Å². The lowest BCUT2D eigenvalue weighted by molar-refractivity contribution is 0.0697. The van der Waals surface area contributed by atoms with Crippen molar-refractivity contribution < 1.29 is 9.90 Å². The highest BCUT2D eigenvalue weighted by Crippen LogP contribution is 2.18. The van der Waals surface area contributed by atoms with Gasteiger partial charge in [-0.25, -0.2) is 4.79 Å². The quantitative estimate of drug-likeness (QED) is 0.871. The lowest BCUT2D eigenvalue weighted by Gasteiger charge is -2.00. The first kappa shape index (κ1) is 12.2. The largest absolute Gasteiger partial charge is 0.478 e. The van der Waals surface area contributed by atoms with Crippen LogP contribution in [0.5, 0.6) is 0 Å². The van der Waals surface area contributed by atoms with Gasteiger partial charge in [0.05, 0.1) is 5.56 Å². The summed E-state index contributed by atoms with van der Waals surface area (Å²) in [5.41, 5.74) is 2.32. The van der Waals surface area contributed by atoms with Crippen LogP contribution < -0.4 is 0 Å². The van der Waals surface area contributed by atoms with Gasteiger partial charge in [0.15, 0.2) is 0 Å². The predicted octanol–water partition coefficient (Wildman–Crippen LogP) is 2.87. The number of nitrogens with zero attached hydrogens (tertiary/aromatic N) is 1. The number of aromatic nitrogens is 1. The van der Waals surface area contributed by atoms with E-state index in [-0.39, 0.29) is 12.4 Å². The van der Waals surface area contributed by atoms with Crippen LogP contribution in [0.4, 0.5) is 0 Å². The summed E-state index contributed by atoms with van der Waals surface area (Å²) in [6, 6.07) is 10.5. The molecule has 0 saturated carbocycles. The van der Waals surface area contributed by atoms with E-state index in [1.165, 1.54) is 0 Å². The Labute approximate surface area is 99.2 Å². The summed E-state index contributed by atoms with van der Waals surface area (Å²) in [7, 11) is 0. The summed E-state index contributed by atoms with van der Waals surface area (Å²) in [4.78, 5) is 14.6. The molecule has 0 aliphatic carbocycles. The molecule has 0 atom stereocenters.